The van der Waals surface area contributed by atoms with Crippen molar-refractivity contribution < 1.29 is 18.0 Å². The Morgan fingerprint density at radius 3 is 2.50 bits per heavy atom. The van der Waals surface area contributed by atoms with E-state index in [-0.39, 0.29) is 42.1 Å². The molecule has 7 heteroatoms. The van der Waals surface area contributed by atoms with Gasteiger partial charge in [0.2, 0.25) is 5.91 Å². The minimum Gasteiger partial charge on any atom is -0.342 e. The first-order valence-electron chi connectivity index (χ1n) is 7.26. The second-order valence-electron chi connectivity index (χ2n) is 5.81. The molecular formula is C15H21NO4S2. The smallest absolute Gasteiger partial charge is 0.223 e. The van der Waals surface area contributed by atoms with Crippen LogP contribution in [0.4, 0.5) is 0 Å². The molecule has 0 aromatic carbocycles. The molecule has 0 radical (unpaired) electrons. The van der Waals surface area contributed by atoms with E-state index in [2.05, 4.69) is 0 Å². The van der Waals surface area contributed by atoms with Crippen LogP contribution in [0.15, 0.2) is 6.07 Å². The average molecular weight is 343 g/mol. The van der Waals surface area contributed by atoms with E-state index in [0.717, 1.165) is 9.75 Å². The van der Waals surface area contributed by atoms with Crippen molar-refractivity contribution in [3.63, 3.8) is 0 Å². The zero-order valence-corrected chi connectivity index (χ0v) is 14.7. The van der Waals surface area contributed by atoms with Gasteiger partial charge in [0, 0.05) is 41.2 Å². The highest BCUT2D eigenvalue weighted by molar-refractivity contribution is 7.91. The van der Waals surface area contributed by atoms with E-state index in [9.17, 15) is 18.0 Å². The van der Waals surface area contributed by atoms with Crippen LogP contribution in [0.25, 0.3) is 0 Å². The Kier molecular flexibility index (Phi) is 5.07. The lowest BCUT2D eigenvalue weighted by Gasteiger charge is -2.23. The molecule has 0 aliphatic carbocycles. The molecule has 1 aliphatic rings. The molecule has 1 aliphatic heterocycles. The summed E-state index contributed by atoms with van der Waals surface area (Å²) in [5.41, 5.74) is 0.696. The number of carbonyl (C=O) groups is 2. The van der Waals surface area contributed by atoms with Gasteiger partial charge in [-0.05, 0) is 26.3 Å². The zero-order chi connectivity index (χ0) is 16.5. The molecular weight excluding hydrogens is 322 g/mol. The van der Waals surface area contributed by atoms with E-state index in [1.54, 1.807) is 18.4 Å². The Labute approximate surface area is 135 Å². The number of carbonyl (C=O) groups excluding carboxylic acids is 2. The SMILES string of the molecule is Cc1cc(C(=O)CCC(=O)N(C)C2CCS(=O)(=O)C2)c(C)s1. The summed E-state index contributed by atoms with van der Waals surface area (Å²) in [6.45, 7) is 3.86. The van der Waals surface area contributed by atoms with Gasteiger partial charge < -0.3 is 4.90 Å². The van der Waals surface area contributed by atoms with Gasteiger partial charge in [-0.15, -0.1) is 11.3 Å². The van der Waals surface area contributed by atoms with E-state index in [0.29, 0.717) is 12.0 Å². The third-order valence-corrected chi connectivity index (χ3v) is 6.77. The van der Waals surface area contributed by atoms with Crippen LogP contribution in [0.1, 0.15) is 39.4 Å². The lowest BCUT2D eigenvalue weighted by Crippen LogP contribution is -2.37. The second kappa shape index (κ2) is 6.50. The maximum atomic E-state index is 12.2. The highest BCUT2D eigenvalue weighted by Crippen LogP contribution is 2.23. The van der Waals surface area contributed by atoms with Crippen molar-refractivity contribution in [3.05, 3.63) is 21.4 Å². The van der Waals surface area contributed by atoms with Gasteiger partial charge in [-0.25, -0.2) is 8.42 Å². The fourth-order valence-electron chi connectivity index (χ4n) is 2.72. The number of hydrogen-bond acceptors (Lipinski definition) is 5. The molecule has 1 fully saturated rings. The summed E-state index contributed by atoms with van der Waals surface area (Å²) in [6.07, 6.45) is 0.779. The van der Waals surface area contributed by atoms with E-state index in [1.165, 1.54) is 4.90 Å². The molecule has 5 nitrogen and oxygen atoms in total. The first-order valence-corrected chi connectivity index (χ1v) is 9.90. The van der Waals surface area contributed by atoms with Crippen molar-refractivity contribution in [2.45, 2.75) is 39.2 Å². The van der Waals surface area contributed by atoms with Crippen molar-refractivity contribution in [1.29, 1.82) is 0 Å². The van der Waals surface area contributed by atoms with Crippen LogP contribution in [-0.4, -0.2) is 49.6 Å². The largest absolute Gasteiger partial charge is 0.342 e. The van der Waals surface area contributed by atoms with Crippen molar-refractivity contribution in [1.82, 2.24) is 4.90 Å². The summed E-state index contributed by atoms with van der Waals surface area (Å²) in [6, 6.07) is 1.61. The molecule has 22 heavy (non-hydrogen) atoms. The van der Waals surface area contributed by atoms with Gasteiger partial charge in [-0.1, -0.05) is 0 Å². The number of sulfone groups is 1. The molecule has 122 valence electrons. The molecule has 0 N–H and O–H groups in total. The monoisotopic (exact) mass is 343 g/mol. The van der Waals surface area contributed by atoms with Crippen molar-refractivity contribution in [2.24, 2.45) is 0 Å². The molecule has 1 atom stereocenters. The van der Waals surface area contributed by atoms with Crippen LogP contribution in [-0.2, 0) is 14.6 Å². The van der Waals surface area contributed by atoms with E-state index in [1.807, 2.05) is 19.9 Å². The van der Waals surface area contributed by atoms with Crippen LogP contribution < -0.4 is 0 Å². The average Bonchev–Trinajstić information content (AvgIpc) is 2.96. The van der Waals surface area contributed by atoms with Crippen molar-refractivity contribution in [2.75, 3.05) is 18.6 Å². The van der Waals surface area contributed by atoms with Gasteiger partial charge in [-0.2, -0.15) is 0 Å². The minimum atomic E-state index is -3.01. The lowest BCUT2D eigenvalue weighted by molar-refractivity contribution is -0.131. The van der Waals surface area contributed by atoms with Gasteiger partial charge >= 0.3 is 0 Å². The van der Waals surface area contributed by atoms with Crippen LogP contribution in [0, 0.1) is 13.8 Å². The van der Waals surface area contributed by atoms with Crippen molar-refractivity contribution >= 4 is 32.9 Å². The van der Waals surface area contributed by atoms with Gasteiger partial charge in [-0.3, -0.25) is 9.59 Å². The Morgan fingerprint density at radius 1 is 1.32 bits per heavy atom. The quantitative estimate of drug-likeness (QED) is 0.766. The van der Waals surface area contributed by atoms with Crippen LogP contribution in [0.2, 0.25) is 0 Å². The van der Waals surface area contributed by atoms with E-state index >= 15 is 0 Å². The van der Waals surface area contributed by atoms with Crippen LogP contribution in [0.5, 0.6) is 0 Å². The van der Waals surface area contributed by atoms with E-state index < -0.39 is 9.84 Å². The molecule has 2 rings (SSSR count). The number of nitrogens with zero attached hydrogens (tertiary/aromatic N) is 1. The van der Waals surface area contributed by atoms with E-state index in [4.69, 9.17) is 0 Å². The summed E-state index contributed by atoms with van der Waals surface area (Å²) in [4.78, 5) is 27.9. The summed E-state index contributed by atoms with van der Waals surface area (Å²) < 4.78 is 22.9. The summed E-state index contributed by atoms with van der Waals surface area (Å²) in [5.74, 6) is -0.0177. The molecule has 1 aromatic rings. The number of aryl methyl sites for hydroxylation is 2. The molecule has 1 unspecified atom stereocenters. The molecule has 1 aromatic heterocycles. The van der Waals surface area contributed by atoms with Gasteiger partial charge in [0.15, 0.2) is 15.6 Å². The lowest BCUT2D eigenvalue weighted by atomic mass is 10.1. The Bertz CT molecular complexity index is 690. The second-order valence-corrected chi connectivity index (χ2v) is 9.50. The number of rotatable bonds is 5. The van der Waals surface area contributed by atoms with Crippen LogP contribution >= 0.6 is 11.3 Å². The highest BCUT2D eigenvalue weighted by Gasteiger charge is 2.32. The predicted octanol–water partition coefficient (Wildman–Crippen LogP) is 1.97. The predicted molar refractivity (Wildman–Crippen MR) is 87.2 cm³/mol. The molecule has 1 saturated heterocycles. The van der Waals surface area contributed by atoms with Gasteiger partial charge in [0.25, 0.3) is 0 Å². The fourth-order valence-corrected chi connectivity index (χ4v) is 5.44. The fraction of sp³-hybridized carbons (Fsp3) is 0.600. The summed E-state index contributed by atoms with van der Waals surface area (Å²) in [5, 5.41) is 0. The molecule has 2 heterocycles. The molecule has 0 spiro atoms. The van der Waals surface area contributed by atoms with Crippen molar-refractivity contribution in [3.8, 4) is 0 Å². The number of hydrogen-bond donors (Lipinski definition) is 0. The number of thiophene rings is 1. The van der Waals surface area contributed by atoms with Gasteiger partial charge in [0.1, 0.15) is 0 Å². The maximum Gasteiger partial charge on any atom is 0.223 e. The third-order valence-electron chi connectivity index (χ3n) is 4.06. The third kappa shape index (κ3) is 3.95. The molecule has 1 amide bonds. The Hall–Kier alpha value is -1.21. The number of amides is 1. The molecule has 0 saturated carbocycles. The minimum absolute atomic E-state index is 0.0253. The molecule has 0 bridgehead atoms. The standard InChI is InChI=1S/C15H21NO4S2/c1-10-8-13(11(2)21-10)14(17)4-5-15(18)16(3)12-6-7-22(19,20)9-12/h8,12H,4-7,9H2,1-3H3. The summed E-state index contributed by atoms with van der Waals surface area (Å²) in [7, 11) is -1.39. The zero-order valence-electron chi connectivity index (χ0n) is 13.1. The first kappa shape index (κ1) is 17.1. The Morgan fingerprint density at radius 2 is 2.00 bits per heavy atom. The van der Waals surface area contributed by atoms with Gasteiger partial charge in [0.05, 0.1) is 11.5 Å². The maximum absolute atomic E-state index is 12.2. The van der Waals surface area contributed by atoms with Crippen LogP contribution in [0.3, 0.4) is 0 Å². The summed E-state index contributed by atoms with van der Waals surface area (Å²) >= 11 is 1.58. The highest BCUT2D eigenvalue weighted by atomic mass is 32.2. The normalized spacial score (nSPS) is 20.0. The number of Topliss-reactive ketones (excluding diaryl/α,β-unsaturated/α-hetero) is 1. The number of ketones is 1. The Balaban J connectivity index is 1.90. The first-order chi connectivity index (χ1) is 10.2. The topological polar surface area (TPSA) is 71.5 Å².